The Kier molecular flexibility index (Phi) is 3.08. The minimum absolute atomic E-state index is 0.359. The van der Waals surface area contributed by atoms with E-state index in [2.05, 4.69) is 17.4 Å². The van der Waals surface area contributed by atoms with Crippen LogP contribution in [0, 0.1) is 0 Å². The van der Waals surface area contributed by atoms with Gasteiger partial charge in [0.1, 0.15) is 0 Å². The Morgan fingerprint density at radius 3 is 1.77 bits per heavy atom. The van der Waals surface area contributed by atoms with Crippen molar-refractivity contribution in [2.75, 3.05) is 6.26 Å². The highest BCUT2D eigenvalue weighted by molar-refractivity contribution is 7.79. The van der Waals surface area contributed by atoms with Gasteiger partial charge in [0.2, 0.25) is 0 Å². The second kappa shape index (κ2) is 4.09. The second-order valence-electron chi connectivity index (χ2n) is 2.22. The summed E-state index contributed by atoms with van der Waals surface area (Å²) in [5.74, 6) is -1.10. The Labute approximate surface area is 81.1 Å². The monoisotopic (exact) mass is 196 g/mol. The average molecular weight is 196 g/mol. The van der Waals surface area contributed by atoms with Gasteiger partial charge in [-0.15, -0.1) is 0 Å². The largest absolute Gasteiger partial charge is 0.386 e. The van der Waals surface area contributed by atoms with Crippen molar-refractivity contribution in [1.29, 1.82) is 0 Å². The van der Waals surface area contributed by atoms with Gasteiger partial charge >= 0.3 is 11.9 Å². The third-order valence-electron chi connectivity index (χ3n) is 1.55. The van der Waals surface area contributed by atoms with E-state index >= 15 is 0 Å². The summed E-state index contributed by atoms with van der Waals surface area (Å²) < 4.78 is 4.35. The van der Waals surface area contributed by atoms with Gasteiger partial charge in [-0.1, -0.05) is 12.1 Å². The molecule has 1 aromatic rings. The van der Waals surface area contributed by atoms with Crippen LogP contribution in [-0.2, 0) is 4.74 Å². The van der Waals surface area contributed by atoms with Gasteiger partial charge in [0.15, 0.2) is 0 Å². The maximum atomic E-state index is 10.8. The summed E-state index contributed by atoms with van der Waals surface area (Å²) in [6, 6.07) is 6.53. The van der Waals surface area contributed by atoms with Crippen LogP contribution in [0.25, 0.3) is 0 Å². The summed E-state index contributed by atoms with van der Waals surface area (Å²) in [6.07, 6.45) is 1.69. The van der Waals surface area contributed by atoms with Gasteiger partial charge in [-0.05, 0) is 18.4 Å². The predicted octanol–water partition coefficient (Wildman–Crippen LogP) is 1.54. The number of benzene rings is 1. The Balaban J connectivity index is 0.000000396. The zero-order valence-electron chi connectivity index (χ0n) is 6.98. The lowest BCUT2D eigenvalue weighted by Crippen LogP contribution is -1.96. The van der Waals surface area contributed by atoms with Crippen LogP contribution in [-0.4, -0.2) is 18.2 Å². The molecule has 0 amide bonds. The van der Waals surface area contributed by atoms with E-state index in [1.807, 2.05) is 0 Å². The van der Waals surface area contributed by atoms with Crippen molar-refractivity contribution in [3.63, 3.8) is 0 Å². The number of cyclic esters (lactones) is 2. The summed E-state index contributed by atoms with van der Waals surface area (Å²) in [5.41, 5.74) is 0.718. The number of fused-ring (bicyclic) bond motifs is 1. The first-order chi connectivity index (χ1) is 6.29. The third-order valence-corrected chi connectivity index (χ3v) is 1.55. The molecule has 0 spiro atoms. The lowest BCUT2D eigenvalue weighted by molar-refractivity contribution is 0.0444. The second-order valence-corrected chi connectivity index (χ2v) is 2.22. The minimum atomic E-state index is -0.550. The number of ether oxygens (including phenoxy) is 1. The lowest BCUT2D eigenvalue weighted by Gasteiger charge is -1.86. The standard InChI is InChI=1S/C8H4O3.CH4S/c9-7-5-3-1-2-4-6(5)8(10)11-7;1-2/h1-4H;2H,1H3. The Bertz CT molecular complexity index is 313. The predicted molar refractivity (Wildman–Crippen MR) is 51.1 cm³/mol. The third kappa shape index (κ3) is 1.72. The van der Waals surface area contributed by atoms with Crippen LogP contribution in [0.15, 0.2) is 24.3 Å². The highest BCUT2D eigenvalue weighted by Crippen LogP contribution is 2.18. The van der Waals surface area contributed by atoms with Crippen molar-refractivity contribution in [2.45, 2.75) is 0 Å². The minimum Gasteiger partial charge on any atom is -0.386 e. The summed E-state index contributed by atoms with van der Waals surface area (Å²) in [6.45, 7) is 0. The molecule has 0 saturated heterocycles. The zero-order valence-corrected chi connectivity index (χ0v) is 7.88. The summed E-state index contributed by atoms with van der Waals surface area (Å²) in [4.78, 5) is 21.7. The Morgan fingerprint density at radius 1 is 1.00 bits per heavy atom. The van der Waals surface area contributed by atoms with Crippen molar-refractivity contribution in [3.8, 4) is 0 Å². The number of esters is 2. The van der Waals surface area contributed by atoms with E-state index in [1.54, 1.807) is 30.5 Å². The van der Waals surface area contributed by atoms with E-state index in [9.17, 15) is 9.59 Å². The van der Waals surface area contributed by atoms with Gasteiger partial charge in [-0.25, -0.2) is 9.59 Å². The molecule has 0 fully saturated rings. The number of carbonyl (C=O) groups is 2. The first-order valence-electron chi connectivity index (χ1n) is 3.59. The van der Waals surface area contributed by atoms with Crippen molar-refractivity contribution in [2.24, 2.45) is 0 Å². The Hall–Kier alpha value is -1.29. The highest BCUT2D eigenvalue weighted by Gasteiger charge is 2.28. The van der Waals surface area contributed by atoms with Crippen molar-refractivity contribution in [3.05, 3.63) is 35.4 Å². The number of hydrogen-bond acceptors (Lipinski definition) is 4. The Morgan fingerprint density at radius 2 is 1.38 bits per heavy atom. The summed E-state index contributed by atoms with van der Waals surface area (Å²) in [5, 5.41) is 0. The molecule has 0 bridgehead atoms. The van der Waals surface area contributed by atoms with Gasteiger partial charge < -0.3 is 4.74 Å². The fourth-order valence-electron chi connectivity index (χ4n) is 1.03. The van der Waals surface area contributed by atoms with Crippen LogP contribution < -0.4 is 0 Å². The van der Waals surface area contributed by atoms with Crippen molar-refractivity contribution in [1.82, 2.24) is 0 Å². The van der Waals surface area contributed by atoms with Gasteiger partial charge in [-0.3, -0.25) is 0 Å². The molecule has 68 valence electrons. The van der Waals surface area contributed by atoms with Crippen LogP contribution >= 0.6 is 12.6 Å². The van der Waals surface area contributed by atoms with Crippen LogP contribution in [0.3, 0.4) is 0 Å². The van der Waals surface area contributed by atoms with E-state index in [1.165, 1.54) is 0 Å². The fourth-order valence-corrected chi connectivity index (χ4v) is 1.03. The molecule has 0 N–H and O–H groups in total. The summed E-state index contributed by atoms with van der Waals surface area (Å²) >= 11 is 3.53. The molecule has 0 radical (unpaired) electrons. The number of thiol groups is 1. The molecule has 2 rings (SSSR count). The molecule has 0 unspecified atom stereocenters. The van der Waals surface area contributed by atoms with E-state index < -0.39 is 11.9 Å². The lowest BCUT2D eigenvalue weighted by atomic mass is 10.1. The molecule has 0 aliphatic carbocycles. The normalized spacial score (nSPS) is 12.8. The average Bonchev–Trinajstić information content (AvgIpc) is 2.47. The maximum Gasteiger partial charge on any atom is 0.346 e. The quantitative estimate of drug-likeness (QED) is 0.389. The molecule has 3 nitrogen and oxygen atoms in total. The van der Waals surface area contributed by atoms with E-state index in [0.29, 0.717) is 11.1 Å². The van der Waals surface area contributed by atoms with Crippen LogP contribution in [0.5, 0.6) is 0 Å². The molecule has 13 heavy (non-hydrogen) atoms. The number of rotatable bonds is 0. The summed E-state index contributed by atoms with van der Waals surface area (Å²) in [7, 11) is 0. The van der Waals surface area contributed by atoms with Crippen LogP contribution in [0.1, 0.15) is 20.7 Å². The smallest absolute Gasteiger partial charge is 0.346 e. The van der Waals surface area contributed by atoms with Gasteiger partial charge in [0.25, 0.3) is 0 Å². The molecule has 1 aliphatic rings. The van der Waals surface area contributed by atoms with Crippen LogP contribution in [0.2, 0.25) is 0 Å². The van der Waals surface area contributed by atoms with E-state index in [4.69, 9.17) is 0 Å². The first-order valence-corrected chi connectivity index (χ1v) is 4.49. The molecule has 1 heterocycles. The molecule has 0 atom stereocenters. The van der Waals surface area contributed by atoms with E-state index in [-0.39, 0.29) is 0 Å². The highest BCUT2D eigenvalue weighted by atomic mass is 32.1. The maximum absolute atomic E-state index is 10.8. The van der Waals surface area contributed by atoms with Gasteiger partial charge in [0, 0.05) is 0 Å². The molecule has 1 aliphatic heterocycles. The molecule has 1 aromatic carbocycles. The molecule has 0 saturated carbocycles. The molecular weight excluding hydrogens is 188 g/mol. The molecule has 0 aromatic heterocycles. The molecule has 4 heteroatoms. The topological polar surface area (TPSA) is 43.4 Å². The van der Waals surface area contributed by atoms with Gasteiger partial charge in [-0.2, -0.15) is 12.6 Å². The zero-order chi connectivity index (χ0) is 9.84. The van der Waals surface area contributed by atoms with Crippen molar-refractivity contribution < 1.29 is 14.3 Å². The van der Waals surface area contributed by atoms with Gasteiger partial charge in [0.05, 0.1) is 11.1 Å². The number of carbonyl (C=O) groups excluding carboxylic acids is 2. The fraction of sp³-hybridized carbons (Fsp3) is 0.111. The van der Waals surface area contributed by atoms with Crippen molar-refractivity contribution >= 4 is 24.6 Å². The number of hydrogen-bond donors (Lipinski definition) is 1. The van der Waals surface area contributed by atoms with E-state index in [0.717, 1.165) is 0 Å². The first kappa shape index (κ1) is 9.80. The molecular formula is C9H8O3S. The SMILES string of the molecule is CS.O=C1OC(=O)c2ccccc21. The van der Waals surface area contributed by atoms with Crippen LogP contribution in [0.4, 0.5) is 0 Å².